The van der Waals surface area contributed by atoms with Crippen LogP contribution in [0.4, 0.5) is 0 Å². The summed E-state index contributed by atoms with van der Waals surface area (Å²) in [4.78, 5) is 23.8. The molecular weight excluding hydrogens is 284 g/mol. The van der Waals surface area contributed by atoms with Crippen LogP contribution in [-0.4, -0.2) is 9.13 Å². The highest BCUT2D eigenvalue weighted by Crippen LogP contribution is 2.13. The van der Waals surface area contributed by atoms with E-state index in [4.69, 9.17) is 0 Å². The normalized spacial score (nSPS) is 10.5. The molecule has 0 spiro atoms. The first-order valence-corrected chi connectivity index (χ1v) is 5.87. The van der Waals surface area contributed by atoms with Crippen LogP contribution >= 0.6 is 15.9 Å². The third kappa shape index (κ3) is 1.86. The molecule has 0 aliphatic heterocycles. The molecule has 2 aromatic rings. The quantitative estimate of drug-likeness (QED) is 0.802. The van der Waals surface area contributed by atoms with Crippen LogP contribution in [0.3, 0.4) is 0 Å². The van der Waals surface area contributed by atoms with Crippen molar-refractivity contribution in [3.63, 3.8) is 0 Å². The maximum absolute atomic E-state index is 12.1. The van der Waals surface area contributed by atoms with Crippen LogP contribution < -0.4 is 11.2 Å². The van der Waals surface area contributed by atoms with E-state index in [2.05, 4.69) is 15.9 Å². The van der Waals surface area contributed by atoms with E-state index in [1.807, 2.05) is 30.3 Å². The molecule has 0 aliphatic rings. The smallest absolute Gasteiger partial charge is 0.268 e. The molecule has 2 rings (SSSR count). The van der Waals surface area contributed by atoms with Gasteiger partial charge >= 0.3 is 5.69 Å². The Morgan fingerprint density at radius 3 is 2.29 bits per heavy atom. The summed E-state index contributed by atoms with van der Waals surface area (Å²) in [5, 5.41) is 0. The average Bonchev–Trinajstić information content (AvgIpc) is 2.36. The summed E-state index contributed by atoms with van der Waals surface area (Å²) in [6.45, 7) is 1.74. The predicted octanol–water partition coefficient (Wildman–Crippen LogP) is 1.61. The number of para-hydroxylation sites is 1. The number of hydrogen-bond donors (Lipinski definition) is 0. The molecule has 0 bridgehead atoms. The zero-order chi connectivity index (χ0) is 12.6. The molecule has 0 saturated heterocycles. The van der Waals surface area contributed by atoms with Gasteiger partial charge < -0.3 is 0 Å². The second-order valence-electron chi connectivity index (χ2n) is 3.72. The van der Waals surface area contributed by atoms with Crippen molar-refractivity contribution in [3.05, 3.63) is 61.3 Å². The van der Waals surface area contributed by atoms with Gasteiger partial charge in [0.2, 0.25) is 0 Å². The predicted molar refractivity (Wildman–Crippen MR) is 69.7 cm³/mol. The Labute approximate surface area is 106 Å². The molecule has 0 atom stereocenters. The van der Waals surface area contributed by atoms with E-state index in [1.54, 1.807) is 6.92 Å². The molecule has 1 heterocycles. The molecule has 1 aromatic carbocycles. The molecule has 0 aliphatic carbocycles. The second kappa shape index (κ2) is 4.33. The van der Waals surface area contributed by atoms with Gasteiger partial charge in [-0.15, -0.1) is 0 Å². The molecule has 88 valence electrons. The third-order valence-corrected chi connectivity index (χ3v) is 3.55. The molecule has 17 heavy (non-hydrogen) atoms. The van der Waals surface area contributed by atoms with E-state index in [1.165, 1.54) is 11.6 Å². The van der Waals surface area contributed by atoms with Gasteiger partial charge in [-0.05, 0) is 35.0 Å². The van der Waals surface area contributed by atoms with Crippen molar-refractivity contribution in [1.82, 2.24) is 9.13 Å². The Morgan fingerprint density at radius 2 is 1.71 bits per heavy atom. The van der Waals surface area contributed by atoms with Gasteiger partial charge in [0.05, 0.1) is 5.69 Å². The van der Waals surface area contributed by atoms with E-state index < -0.39 is 0 Å². The van der Waals surface area contributed by atoms with E-state index in [-0.39, 0.29) is 11.2 Å². The van der Waals surface area contributed by atoms with Gasteiger partial charge in [-0.25, -0.2) is 4.79 Å². The van der Waals surface area contributed by atoms with E-state index in [9.17, 15) is 9.59 Å². The summed E-state index contributed by atoms with van der Waals surface area (Å²) >= 11 is 3.22. The fourth-order valence-corrected chi connectivity index (χ4v) is 2.10. The molecule has 0 fully saturated rings. The van der Waals surface area contributed by atoms with Gasteiger partial charge in [0.15, 0.2) is 0 Å². The minimum absolute atomic E-state index is 0.320. The van der Waals surface area contributed by atoms with E-state index >= 15 is 0 Å². The standard InChI is InChI=1S/C12H11BrN2O2/c1-8-10(13)11(16)14(2)12(17)15(8)9-6-4-3-5-7-9/h3-7H,1-2H3. The van der Waals surface area contributed by atoms with Gasteiger partial charge in [-0.3, -0.25) is 13.9 Å². The van der Waals surface area contributed by atoms with Crippen LogP contribution in [0, 0.1) is 6.92 Å². The number of benzene rings is 1. The van der Waals surface area contributed by atoms with Crippen molar-refractivity contribution in [3.8, 4) is 5.69 Å². The molecule has 0 unspecified atom stereocenters. The maximum Gasteiger partial charge on any atom is 0.335 e. The zero-order valence-electron chi connectivity index (χ0n) is 9.48. The molecule has 0 saturated carbocycles. The van der Waals surface area contributed by atoms with Crippen molar-refractivity contribution >= 4 is 15.9 Å². The van der Waals surface area contributed by atoms with Crippen LogP contribution in [-0.2, 0) is 7.05 Å². The van der Waals surface area contributed by atoms with Gasteiger partial charge in [0, 0.05) is 12.7 Å². The molecule has 0 N–H and O–H groups in total. The fraction of sp³-hybridized carbons (Fsp3) is 0.167. The first kappa shape index (κ1) is 11.9. The summed E-state index contributed by atoms with van der Waals surface area (Å²) in [5.74, 6) is 0. The maximum atomic E-state index is 12.1. The Kier molecular flexibility index (Phi) is 3.02. The first-order chi connectivity index (χ1) is 8.04. The van der Waals surface area contributed by atoms with E-state index in [0.717, 1.165) is 10.3 Å². The lowest BCUT2D eigenvalue weighted by Gasteiger charge is -2.12. The van der Waals surface area contributed by atoms with Gasteiger partial charge in [-0.1, -0.05) is 18.2 Å². The molecule has 4 nitrogen and oxygen atoms in total. The Hall–Kier alpha value is -1.62. The Morgan fingerprint density at radius 1 is 1.12 bits per heavy atom. The van der Waals surface area contributed by atoms with Crippen molar-refractivity contribution in [2.24, 2.45) is 7.05 Å². The van der Waals surface area contributed by atoms with E-state index in [0.29, 0.717) is 10.2 Å². The summed E-state index contributed by atoms with van der Waals surface area (Å²) < 4.78 is 3.00. The summed E-state index contributed by atoms with van der Waals surface area (Å²) in [6, 6.07) is 9.22. The van der Waals surface area contributed by atoms with Gasteiger partial charge in [0.1, 0.15) is 4.47 Å². The highest BCUT2D eigenvalue weighted by Gasteiger charge is 2.12. The lowest BCUT2D eigenvalue weighted by molar-refractivity contribution is 0.705. The van der Waals surface area contributed by atoms with Crippen LogP contribution in [0.5, 0.6) is 0 Å². The van der Waals surface area contributed by atoms with Gasteiger partial charge in [-0.2, -0.15) is 0 Å². The minimum Gasteiger partial charge on any atom is -0.268 e. The second-order valence-corrected chi connectivity index (χ2v) is 4.51. The molecule has 0 radical (unpaired) electrons. The van der Waals surface area contributed by atoms with Crippen LogP contribution in [0.25, 0.3) is 5.69 Å². The molecule has 5 heteroatoms. The average molecular weight is 295 g/mol. The lowest BCUT2D eigenvalue weighted by atomic mass is 10.3. The van der Waals surface area contributed by atoms with Crippen LogP contribution in [0.1, 0.15) is 5.69 Å². The Bertz CT molecular complexity index is 671. The summed E-state index contributed by atoms with van der Waals surface area (Å²) in [5.41, 5.74) is 0.678. The van der Waals surface area contributed by atoms with Crippen LogP contribution in [0.15, 0.2) is 44.4 Å². The highest BCUT2D eigenvalue weighted by molar-refractivity contribution is 9.10. The summed E-state index contributed by atoms with van der Waals surface area (Å²) in [6.07, 6.45) is 0. The lowest BCUT2D eigenvalue weighted by Crippen LogP contribution is -2.39. The number of halogens is 1. The molecular formula is C12H11BrN2O2. The van der Waals surface area contributed by atoms with Crippen molar-refractivity contribution in [1.29, 1.82) is 0 Å². The largest absolute Gasteiger partial charge is 0.335 e. The topological polar surface area (TPSA) is 44.0 Å². The fourth-order valence-electron chi connectivity index (χ4n) is 1.66. The number of nitrogens with zero attached hydrogens (tertiary/aromatic N) is 2. The SMILES string of the molecule is Cc1c(Br)c(=O)n(C)c(=O)n1-c1ccccc1. The molecule has 0 amide bonds. The zero-order valence-corrected chi connectivity index (χ0v) is 11.1. The number of rotatable bonds is 1. The number of hydrogen-bond acceptors (Lipinski definition) is 2. The third-order valence-electron chi connectivity index (χ3n) is 2.64. The first-order valence-electron chi connectivity index (χ1n) is 5.07. The van der Waals surface area contributed by atoms with Crippen molar-refractivity contribution in [2.45, 2.75) is 6.92 Å². The summed E-state index contributed by atoms with van der Waals surface area (Å²) in [7, 11) is 1.47. The Balaban J connectivity index is 2.90. The van der Waals surface area contributed by atoms with Gasteiger partial charge in [0.25, 0.3) is 5.56 Å². The van der Waals surface area contributed by atoms with Crippen LogP contribution in [0.2, 0.25) is 0 Å². The number of aromatic nitrogens is 2. The minimum atomic E-state index is -0.345. The van der Waals surface area contributed by atoms with Crippen molar-refractivity contribution in [2.75, 3.05) is 0 Å². The monoisotopic (exact) mass is 294 g/mol. The molecule has 1 aromatic heterocycles. The highest BCUT2D eigenvalue weighted by atomic mass is 79.9. The van der Waals surface area contributed by atoms with Crippen molar-refractivity contribution < 1.29 is 0 Å².